The van der Waals surface area contributed by atoms with Gasteiger partial charge in [-0.1, -0.05) is 0 Å². The number of anilines is 1. The highest BCUT2D eigenvalue weighted by Crippen LogP contribution is 2.26. The van der Waals surface area contributed by atoms with E-state index in [2.05, 4.69) is 15.3 Å². The minimum atomic E-state index is -0.233. The molecule has 128 valence electrons. The molecule has 0 fully saturated rings. The number of oxazole rings is 1. The van der Waals surface area contributed by atoms with Crippen LogP contribution in [0.3, 0.4) is 0 Å². The van der Waals surface area contributed by atoms with Gasteiger partial charge in [0.05, 0.1) is 6.26 Å². The Morgan fingerprint density at radius 3 is 2.88 bits per heavy atom. The number of hydrogen-bond donors (Lipinski definition) is 1. The fraction of sp³-hybridized carbons (Fsp3) is 0.0500. The number of carbonyl (C=O) groups is 1. The molecule has 4 rings (SSSR count). The fourth-order valence-electron chi connectivity index (χ4n) is 2.55. The third-order valence-electron chi connectivity index (χ3n) is 3.84. The molecule has 0 radical (unpaired) electrons. The van der Waals surface area contributed by atoms with E-state index in [0.29, 0.717) is 22.9 Å². The smallest absolute Gasteiger partial charge is 0.248 e. The molecule has 0 spiro atoms. The number of benzene rings is 1. The van der Waals surface area contributed by atoms with E-state index < -0.39 is 0 Å². The highest BCUT2D eigenvalue weighted by atomic mass is 16.3. The van der Waals surface area contributed by atoms with Crippen LogP contribution in [0.2, 0.25) is 0 Å². The second kappa shape index (κ2) is 6.68. The van der Waals surface area contributed by atoms with Crippen LogP contribution in [0.1, 0.15) is 11.3 Å². The molecule has 3 heterocycles. The van der Waals surface area contributed by atoms with Crippen LogP contribution in [0, 0.1) is 6.92 Å². The third kappa shape index (κ3) is 3.25. The van der Waals surface area contributed by atoms with Crippen LogP contribution in [-0.4, -0.2) is 15.9 Å². The zero-order valence-electron chi connectivity index (χ0n) is 14.0. The average molecular weight is 345 g/mol. The SMILES string of the molecule is Cc1cc(-c2nc3ncccc3o2)ccc1NC(=O)/C=C/c1ccco1. The summed E-state index contributed by atoms with van der Waals surface area (Å²) in [5.41, 5.74) is 3.65. The van der Waals surface area contributed by atoms with Crippen molar-refractivity contribution in [2.24, 2.45) is 0 Å². The average Bonchev–Trinajstić information content (AvgIpc) is 3.31. The lowest BCUT2D eigenvalue weighted by atomic mass is 10.1. The molecule has 0 aliphatic heterocycles. The number of furan rings is 1. The normalized spacial score (nSPS) is 11.3. The molecule has 0 bridgehead atoms. The van der Waals surface area contributed by atoms with Crippen molar-refractivity contribution in [3.8, 4) is 11.5 Å². The molecule has 1 amide bonds. The molecule has 6 nitrogen and oxygen atoms in total. The van der Waals surface area contributed by atoms with Crippen molar-refractivity contribution in [2.75, 3.05) is 5.32 Å². The van der Waals surface area contributed by atoms with Gasteiger partial charge in [0.25, 0.3) is 0 Å². The van der Waals surface area contributed by atoms with Gasteiger partial charge in [-0.05, 0) is 61.0 Å². The van der Waals surface area contributed by atoms with Gasteiger partial charge in [-0.15, -0.1) is 0 Å². The number of carbonyl (C=O) groups excluding carboxylic acids is 1. The fourth-order valence-corrected chi connectivity index (χ4v) is 2.55. The summed E-state index contributed by atoms with van der Waals surface area (Å²) in [7, 11) is 0. The zero-order valence-corrected chi connectivity index (χ0v) is 14.0. The first-order chi connectivity index (χ1) is 12.7. The van der Waals surface area contributed by atoms with E-state index in [1.807, 2.05) is 31.2 Å². The molecule has 6 heteroatoms. The minimum absolute atomic E-state index is 0.233. The quantitative estimate of drug-likeness (QED) is 0.553. The van der Waals surface area contributed by atoms with E-state index in [-0.39, 0.29) is 5.91 Å². The maximum Gasteiger partial charge on any atom is 0.248 e. The molecule has 0 atom stereocenters. The summed E-state index contributed by atoms with van der Waals surface area (Å²) in [4.78, 5) is 20.6. The van der Waals surface area contributed by atoms with E-state index in [1.165, 1.54) is 6.08 Å². The molecule has 1 N–H and O–H groups in total. The lowest BCUT2D eigenvalue weighted by Crippen LogP contribution is -2.08. The van der Waals surface area contributed by atoms with Crippen molar-refractivity contribution < 1.29 is 13.6 Å². The Morgan fingerprint density at radius 1 is 1.19 bits per heavy atom. The number of rotatable bonds is 4. The van der Waals surface area contributed by atoms with Gasteiger partial charge in [-0.2, -0.15) is 4.98 Å². The predicted octanol–water partition coefficient (Wildman–Crippen LogP) is 4.44. The summed E-state index contributed by atoms with van der Waals surface area (Å²) >= 11 is 0. The Bertz CT molecular complexity index is 1060. The maximum absolute atomic E-state index is 12.1. The van der Waals surface area contributed by atoms with Crippen molar-refractivity contribution in [2.45, 2.75) is 6.92 Å². The molecule has 1 aromatic carbocycles. The summed E-state index contributed by atoms with van der Waals surface area (Å²) < 4.78 is 10.9. The number of hydrogen-bond acceptors (Lipinski definition) is 5. The first-order valence-electron chi connectivity index (χ1n) is 8.04. The number of nitrogens with zero attached hydrogens (tertiary/aromatic N) is 2. The minimum Gasteiger partial charge on any atom is -0.465 e. The van der Waals surface area contributed by atoms with E-state index in [9.17, 15) is 4.79 Å². The van der Waals surface area contributed by atoms with E-state index >= 15 is 0 Å². The molecule has 0 aliphatic rings. The number of aryl methyl sites for hydroxylation is 1. The Kier molecular flexibility index (Phi) is 4.07. The number of aromatic nitrogens is 2. The van der Waals surface area contributed by atoms with Gasteiger partial charge in [0, 0.05) is 23.5 Å². The molecular weight excluding hydrogens is 330 g/mol. The number of fused-ring (bicyclic) bond motifs is 1. The van der Waals surface area contributed by atoms with Crippen molar-refractivity contribution in [3.63, 3.8) is 0 Å². The standard InChI is InChI=1S/C20H15N3O3/c1-13-12-14(20-23-19-17(26-20)5-2-10-21-19)6-8-16(13)22-18(24)9-7-15-4-3-11-25-15/h2-12H,1H3,(H,22,24)/b9-7+. The summed E-state index contributed by atoms with van der Waals surface area (Å²) in [5, 5.41) is 2.85. The number of nitrogens with one attached hydrogen (secondary N) is 1. The van der Waals surface area contributed by atoms with Gasteiger partial charge in [-0.25, -0.2) is 4.98 Å². The molecule has 0 saturated carbocycles. The summed E-state index contributed by atoms with van der Waals surface area (Å²) in [6.45, 7) is 1.91. The van der Waals surface area contributed by atoms with Crippen LogP contribution in [0.25, 0.3) is 28.8 Å². The largest absolute Gasteiger partial charge is 0.465 e. The molecular formula is C20H15N3O3. The van der Waals surface area contributed by atoms with E-state index in [0.717, 1.165) is 16.8 Å². The Hall–Kier alpha value is -3.67. The Balaban J connectivity index is 1.53. The summed E-state index contributed by atoms with van der Waals surface area (Å²) in [6.07, 6.45) is 6.28. The highest BCUT2D eigenvalue weighted by Gasteiger charge is 2.10. The van der Waals surface area contributed by atoms with Crippen LogP contribution in [0.15, 0.2) is 69.8 Å². The molecule has 3 aromatic heterocycles. The monoisotopic (exact) mass is 345 g/mol. The highest BCUT2D eigenvalue weighted by molar-refractivity contribution is 6.02. The van der Waals surface area contributed by atoms with Crippen LogP contribution < -0.4 is 5.32 Å². The van der Waals surface area contributed by atoms with Gasteiger partial charge >= 0.3 is 0 Å². The molecule has 0 saturated heterocycles. The lowest BCUT2D eigenvalue weighted by molar-refractivity contribution is -0.111. The topological polar surface area (TPSA) is 81.2 Å². The second-order valence-corrected chi connectivity index (χ2v) is 5.71. The molecule has 0 aliphatic carbocycles. The Morgan fingerprint density at radius 2 is 2.12 bits per heavy atom. The first kappa shape index (κ1) is 15.8. The number of pyridine rings is 1. The van der Waals surface area contributed by atoms with Crippen LogP contribution in [0.5, 0.6) is 0 Å². The van der Waals surface area contributed by atoms with Gasteiger partial charge in [0.2, 0.25) is 11.8 Å². The van der Waals surface area contributed by atoms with Gasteiger partial charge < -0.3 is 14.2 Å². The summed E-state index contributed by atoms with van der Waals surface area (Å²) in [5.74, 6) is 0.887. The van der Waals surface area contributed by atoms with Crippen molar-refractivity contribution >= 4 is 28.9 Å². The second-order valence-electron chi connectivity index (χ2n) is 5.71. The summed E-state index contributed by atoms with van der Waals surface area (Å²) in [6, 6.07) is 12.8. The zero-order chi connectivity index (χ0) is 17.9. The van der Waals surface area contributed by atoms with Crippen LogP contribution in [0.4, 0.5) is 5.69 Å². The van der Waals surface area contributed by atoms with Crippen molar-refractivity contribution in [1.29, 1.82) is 0 Å². The Labute approximate surface area is 149 Å². The maximum atomic E-state index is 12.1. The predicted molar refractivity (Wildman–Crippen MR) is 98.3 cm³/mol. The van der Waals surface area contributed by atoms with Crippen molar-refractivity contribution in [3.05, 3.63) is 72.3 Å². The third-order valence-corrected chi connectivity index (χ3v) is 3.84. The van der Waals surface area contributed by atoms with Crippen LogP contribution in [-0.2, 0) is 4.79 Å². The lowest BCUT2D eigenvalue weighted by Gasteiger charge is -2.07. The van der Waals surface area contributed by atoms with Crippen molar-refractivity contribution in [1.82, 2.24) is 9.97 Å². The van der Waals surface area contributed by atoms with Gasteiger partial charge in [-0.3, -0.25) is 4.79 Å². The first-order valence-corrected chi connectivity index (χ1v) is 8.04. The van der Waals surface area contributed by atoms with E-state index in [1.54, 1.807) is 36.7 Å². The molecule has 4 aromatic rings. The van der Waals surface area contributed by atoms with Crippen LogP contribution >= 0.6 is 0 Å². The van der Waals surface area contributed by atoms with E-state index in [4.69, 9.17) is 8.83 Å². The van der Waals surface area contributed by atoms with Gasteiger partial charge in [0.15, 0.2) is 11.2 Å². The molecule has 0 unspecified atom stereocenters. The number of amides is 1. The molecule has 26 heavy (non-hydrogen) atoms. The van der Waals surface area contributed by atoms with Gasteiger partial charge in [0.1, 0.15) is 5.76 Å².